The van der Waals surface area contributed by atoms with Gasteiger partial charge in [0.25, 0.3) is 0 Å². The molecule has 0 aliphatic rings. The normalized spacial score (nSPS) is 10.4. The van der Waals surface area contributed by atoms with Crippen molar-refractivity contribution in [1.29, 1.82) is 0 Å². The fraction of sp³-hybridized carbons (Fsp3) is 0.0690. The molecular weight excluding hydrogens is 833 g/mol. The Morgan fingerprint density at radius 1 is 0.270 bits per heavy atom. The van der Waals surface area contributed by atoms with Crippen LogP contribution in [0.1, 0.15) is 22.3 Å². The molecule has 5 heteroatoms. The second kappa shape index (κ2) is 23.0. The minimum absolute atomic E-state index is 0.858. The van der Waals surface area contributed by atoms with E-state index in [1.54, 1.807) is 0 Å². The van der Waals surface area contributed by atoms with Gasteiger partial charge >= 0.3 is 0 Å². The average Bonchev–Trinajstić information content (AvgIpc) is 3.34. The molecule has 63 heavy (non-hydrogen) atoms. The minimum Gasteiger partial charge on any atom is -0.399 e. The zero-order chi connectivity index (χ0) is 43.5. The summed E-state index contributed by atoms with van der Waals surface area (Å²) in [7, 11) is 0. The van der Waals surface area contributed by atoms with Crippen LogP contribution in [0.5, 0.6) is 0 Å². The number of nitrogens with two attached hydrogens (primary N) is 2. The summed E-state index contributed by atoms with van der Waals surface area (Å²) in [4.78, 5) is 4.73. The molecule has 0 saturated carbocycles. The van der Waals surface area contributed by atoms with Crippen molar-refractivity contribution in [3.05, 3.63) is 275 Å². The third-order valence-corrected chi connectivity index (χ3v) is 11.2. The quantitative estimate of drug-likeness (QED) is 0.120. The second-order valence-electron chi connectivity index (χ2n) is 15.0. The van der Waals surface area contributed by atoms with E-state index >= 15 is 0 Å². The summed E-state index contributed by atoms with van der Waals surface area (Å²) in [5.74, 6) is 0. The van der Waals surface area contributed by atoms with Gasteiger partial charge in [-0.15, -0.1) is 0 Å². The number of aryl methyl sites for hydroxylation is 4. The highest BCUT2D eigenvalue weighted by atomic mass is 79.9. The summed E-state index contributed by atoms with van der Waals surface area (Å²) in [5.41, 5.74) is 25.5. The average molecular weight is 886 g/mol. The Balaban J connectivity index is 0.000000211. The summed E-state index contributed by atoms with van der Waals surface area (Å²) in [6.07, 6.45) is 3.70. The Labute approximate surface area is 381 Å². The van der Waals surface area contributed by atoms with Gasteiger partial charge in [-0.2, -0.15) is 0 Å². The van der Waals surface area contributed by atoms with Gasteiger partial charge in [0.15, 0.2) is 0 Å². The van der Waals surface area contributed by atoms with Crippen LogP contribution in [0.3, 0.4) is 0 Å². The first kappa shape index (κ1) is 43.7. The third kappa shape index (κ3) is 12.4. The zero-order valence-corrected chi connectivity index (χ0v) is 37.0. The lowest BCUT2D eigenvalue weighted by Gasteiger charge is -2.29. The molecule has 4 nitrogen and oxygen atoms in total. The first-order chi connectivity index (χ1) is 31.0. The van der Waals surface area contributed by atoms with Gasteiger partial charge in [-0.25, -0.2) is 0 Å². The SMILES string of the molecule is Brc1ccccc1.Nc1ccccc1CCc1ccccc1N.c1ccc(N(c2ccccc2)c2ccccc2CCc2ccccc2N(c2ccccc2)c2ccccc2)cc1. The van der Waals surface area contributed by atoms with Crippen molar-refractivity contribution in [2.45, 2.75) is 25.7 Å². The van der Waals surface area contributed by atoms with Crippen molar-refractivity contribution < 1.29 is 0 Å². The molecule has 0 aromatic heterocycles. The molecule has 0 heterocycles. The fourth-order valence-corrected chi connectivity index (χ4v) is 7.83. The van der Waals surface area contributed by atoms with Gasteiger partial charge in [0.2, 0.25) is 0 Å². The monoisotopic (exact) mass is 884 g/mol. The predicted molar refractivity (Wildman–Crippen MR) is 273 cm³/mol. The second-order valence-corrected chi connectivity index (χ2v) is 15.9. The lowest BCUT2D eigenvalue weighted by atomic mass is 9.99. The van der Waals surface area contributed by atoms with Crippen molar-refractivity contribution in [2.75, 3.05) is 21.3 Å². The van der Waals surface area contributed by atoms with Gasteiger partial charge in [0.1, 0.15) is 0 Å². The third-order valence-electron chi connectivity index (χ3n) is 10.7. The smallest absolute Gasteiger partial charge is 0.0493 e. The molecule has 9 aromatic carbocycles. The van der Waals surface area contributed by atoms with Gasteiger partial charge in [0.05, 0.1) is 0 Å². The fourth-order valence-electron chi connectivity index (χ4n) is 7.52. The number of para-hydroxylation sites is 8. The van der Waals surface area contributed by atoms with E-state index in [1.807, 2.05) is 66.7 Å². The molecule has 0 unspecified atom stereocenters. The molecule has 0 saturated heterocycles. The standard InChI is InChI=1S/C38H32N2.C14H16N2.C6H5Br/c1-5-19-33(20-6-1)39(34-21-7-2-8-22-34)37-27-15-13-17-31(37)29-30-32-18-14-16-28-38(32)40(35-23-9-3-10-24-35)36-25-11-4-12-26-36;15-13-7-3-1-5-11(13)9-10-12-6-2-4-8-14(12)16;7-6-4-2-1-3-5-6/h1-28H,29-30H2;1-8H,9-10,15-16H2;1-5H. The molecule has 0 bridgehead atoms. The molecule has 9 rings (SSSR count). The van der Waals surface area contributed by atoms with E-state index in [1.165, 1.54) is 33.6 Å². The minimum atomic E-state index is 0.858. The van der Waals surface area contributed by atoms with Gasteiger partial charge in [-0.3, -0.25) is 0 Å². The molecule has 0 amide bonds. The highest BCUT2D eigenvalue weighted by molar-refractivity contribution is 9.10. The number of hydrogen-bond acceptors (Lipinski definition) is 4. The number of hydrogen-bond donors (Lipinski definition) is 2. The Hall–Kier alpha value is -7.34. The molecular formula is C58H53BrN4. The number of nitrogen functional groups attached to an aromatic ring is 2. The van der Waals surface area contributed by atoms with Crippen LogP contribution in [-0.2, 0) is 25.7 Å². The topological polar surface area (TPSA) is 58.5 Å². The summed E-state index contributed by atoms with van der Waals surface area (Å²) in [6, 6.07) is 86.0. The van der Waals surface area contributed by atoms with E-state index in [-0.39, 0.29) is 0 Å². The molecule has 0 spiro atoms. The van der Waals surface area contributed by atoms with Gasteiger partial charge in [-0.05, 0) is 133 Å². The summed E-state index contributed by atoms with van der Waals surface area (Å²) >= 11 is 3.31. The lowest BCUT2D eigenvalue weighted by Crippen LogP contribution is -2.14. The molecule has 4 N–H and O–H groups in total. The molecule has 9 aromatic rings. The van der Waals surface area contributed by atoms with E-state index in [0.29, 0.717) is 0 Å². The molecule has 0 aliphatic heterocycles. The van der Waals surface area contributed by atoms with Gasteiger partial charge in [-0.1, -0.05) is 180 Å². The molecule has 0 atom stereocenters. The van der Waals surface area contributed by atoms with Gasteiger partial charge < -0.3 is 21.3 Å². The Morgan fingerprint density at radius 2 is 0.508 bits per heavy atom. The van der Waals surface area contributed by atoms with Gasteiger partial charge in [0, 0.05) is 50.0 Å². The first-order valence-corrected chi connectivity index (χ1v) is 22.2. The first-order valence-electron chi connectivity index (χ1n) is 21.4. The van der Waals surface area contributed by atoms with E-state index in [4.69, 9.17) is 11.5 Å². The van der Waals surface area contributed by atoms with Crippen LogP contribution in [0.4, 0.5) is 45.5 Å². The van der Waals surface area contributed by atoms with Crippen LogP contribution >= 0.6 is 15.9 Å². The number of benzene rings is 9. The zero-order valence-electron chi connectivity index (χ0n) is 35.4. The summed E-state index contributed by atoms with van der Waals surface area (Å²) in [5, 5.41) is 0. The van der Waals surface area contributed by atoms with Crippen LogP contribution in [0, 0.1) is 0 Å². The van der Waals surface area contributed by atoms with Crippen LogP contribution in [-0.4, -0.2) is 0 Å². The van der Waals surface area contributed by atoms with Crippen molar-refractivity contribution in [3.63, 3.8) is 0 Å². The molecule has 0 aliphatic carbocycles. The van der Waals surface area contributed by atoms with E-state index in [2.05, 4.69) is 208 Å². The van der Waals surface area contributed by atoms with Crippen molar-refractivity contribution >= 4 is 61.4 Å². The van der Waals surface area contributed by atoms with Crippen LogP contribution < -0.4 is 21.3 Å². The summed E-state index contributed by atoms with van der Waals surface area (Å²) in [6.45, 7) is 0. The van der Waals surface area contributed by atoms with E-state index in [9.17, 15) is 0 Å². The Morgan fingerprint density at radius 3 is 0.794 bits per heavy atom. The maximum absolute atomic E-state index is 5.89. The molecule has 312 valence electrons. The maximum Gasteiger partial charge on any atom is 0.0493 e. The highest BCUT2D eigenvalue weighted by Gasteiger charge is 2.18. The van der Waals surface area contributed by atoms with Crippen molar-refractivity contribution in [3.8, 4) is 0 Å². The Kier molecular flexibility index (Phi) is 16.0. The van der Waals surface area contributed by atoms with Crippen molar-refractivity contribution in [1.82, 2.24) is 0 Å². The number of halogens is 1. The molecule has 0 radical (unpaired) electrons. The number of nitrogens with zero attached hydrogens (tertiary/aromatic N) is 2. The van der Waals surface area contributed by atoms with Crippen LogP contribution in [0.15, 0.2) is 253 Å². The largest absolute Gasteiger partial charge is 0.399 e. The van der Waals surface area contributed by atoms with Crippen LogP contribution in [0.2, 0.25) is 0 Å². The number of rotatable bonds is 12. The van der Waals surface area contributed by atoms with Crippen LogP contribution in [0.25, 0.3) is 0 Å². The summed E-state index contributed by atoms with van der Waals surface area (Å²) < 4.78 is 1.13. The molecule has 0 fully saturated rings. The number of anilines is 8. The van der Waals surface area contributed by atoms with E-state index in [0.717, 1.165) is 64.3 Å². The lowest BCUT2D eigenvalue weighted by molar-refractivity contribution is 0.952. The van der Waals surface area contributed by atoms with Crippen molar-refractivity contribution in [2.24, 2.45) is 0 Å². The Bertz CT molecular complexity index is 2460. The maximum atomic E-state index is 5.89. The highest BCUT2D eigenvalue weighted by Crippen LogP contribution is 2.39. The van der Waals surface area contributed by atoms with E-state index < -0.39 is 0 Å². The predicted octanol–water partition coefficient (Wildman–Crippen LogP) is 15.5.